The molecule has 13 heavy (non-hydrogen) atoms. The minimum atomic E-state index is -0.0242. The van der Waals surface area contributed by atoms with Crippen molar-refractivity contribution in [2.75, 3.05) is 13.7 Å². The summed E-state index contributed by atoms with van der Waals surface area (Å²) in [5, 5.41) is 6.44. The van der Waals surface area contributed by atoms with E-state index in [1.165, 1.54) is 0 Å². The summed E-state index contributed by atoms with van der Waals surface area (Å²) in [7, 11) is 3.41. The summed E-state index contributed by atoms with van der Waals surface area (Å²) < 4.78 is 6.90. The number of aryl methyl sites for hydroxylation is 1. The Balaban J connectivity index is 2.24. The van der Waals surface area contributed by atoms with E-state index in [2.05, 4.69) is 10.4 Å². The molecule has 1 aromatic rings. The Labute approximate surface area is 76.7 Å². The minimum Gasteiger partial charge on any atom is -0.490 e. The zero-order valence-electron chi connectivity index (χ0n) is 7.78. The highest BCUT2D eigenvalue weighted by Gasteiger charge is 1.99. The van der Waals surface area contributed by atoms with Crippen LogP contribution in [0.25, 0.3) is 0 Å². The van der Waals surface area contributed by atoms with Crippen LogP contribution in [0.15, 0.2) is 12.4 Å². The van der Waals surface area contributed by atoms with Crippen LogP contribution in [0.2, 0.25) is 0 Å². The average Bonchev–Trinajstić information content (AvgIpc) is 2.51. The van der Waals surface area contributed by atoms with Crippen LogP contribution in [0.1, 0.15) is 6.42 Å². The van der Waals surface area contributed by atoms with Crippen LogP contribution in [0.4, 0.5) is 0 Å². The van der Waals surface area contributed by atoms with Crippen molar-refractivity contribution >= 4 is 5.91 Å². The molecule has 0 bridgehead atoms. The maximum atomic E-state index is 10.8. The molecule has 1 heterocycles. The van der Waals surface area contributed by atoms with Crippen LogP contribution >= 0.6 is 0 Å². The van der Waals surface area contributed by atoms with Crippen LogP contribution in [-0.2, 0) is 11.8 Å². The second kappa shape index (κ2) is 4.49. The van der Waals surface area contributed by atoms with Crippen LogP contribution in [-0.4, -0.2) is 29.3 Å². The van der Waals surface area contributed by atoms with Gasteiger partial charge in [-0.2, -0.15) is 5.10 Å². The molecule has 0 atom stereocenters. The molecule has 0 saturated carbocycles. The highest BCUT2D eigenvalue weighted by Crippen LogP contribution is 2.06. The summed E-state index contributed by atoms with van der Waals surface area (Å²) in [5.74, 6) is 0.662. The fourth-order valence-electron chi connectivity index (χ4n) is 0.860. The molecule has 5 heteroatoms. The van der Waals surface area contributed by atoms with Crippen molar-refractivity contribution in [1.82, 2.24) is 15.1 Å². The topological polar surface area (TPSA) is 56.1 Å². The van der Waals surface area contributed by atoms with Gasteiger partial charge in [0.05, 0.1) is 25.4 Å². The van der Waals surface area contributed by atoms with Gasteiger partial charge in [-0.3, -0.25) is 9.48 Å². The zero-order valence-corrected chi connectivity index (χ0v) is 7.78. The lowest BCUT2D eigenvalue weighted by atomic mass is 10.4. The molecule has 1 rings (SSSR count). The SMILES string of the molecule is CNC(=O)CCOc1cnn(C)c1. The van der Waals surface area contributed by atoms with Gasteiger partial charge in [-0.25, -0.2) is 0 Å². The molecule has 0 aliphatic rings. The molecular formula is C8H13N3O2. The lowest BCUT2D eigenvalue weighted by molar-refractivity contribution is -0.121. The van der Waals surface area contributed by atoms with Gasteiger partial charge >= 0.3 is 0 Å². The van der Waals surface area contributed by atoms with Crippen molar-refractivity contribution in [3.8, 4) is 5.75 Å². The number of rotatable bonds is 4. The third kappa shape index (κ3) is 3.14. The van der Waals surface area contributed by atoms with Crippen molar-refractivity contribution in [2.45, 2.75) is 6.42 Å². The lowest BCUT2D eigenvalue weighted by Gasteiger charge is -2.01. The molecule has 72 valence electrons. The van der Waals surface area contributed by atoms with E-state index in [1.807, 2.05) is 7.05 Å². The number of nitrogens with one attached hydrogen (secondary N) is 1. The smallest absolute Gasteiger partial charge is 0.223 e. The Morgan fingerprint density at radius 2 is 2.54 bits per heavy atom. The van der Waals surface area contributed by atoms with Crippen LogP contribution in [0, 0.1) is 0 Å². The van der Waals surface area contributed by atoms with Crippen LogP contribution in [0.5, 0.6) is 5.75 Å². The Kier molecular flexibility index (Phi) is 3.31. The van der Waals surface area contributed by atoms with E-state index in [1.54, 1.807) is 24.1 Å². The van der Waals surface area contributed by atoms with E-state index in [-0.39, 0.29) is 5.91 Å². The number of ether oxygens (including phenoxy) is 1. The average molecular weight is 183 g/mol. The molecule has 0 saturated heterocycles. The fourth-order valence-corrected chi connectivity index (χ4v) is 0.860. The van der Waals surface area contributed by atoms with Gasteiger partial charge in [0.25, 0.3) is 0 Å². The highest BCUT2D eigenvalue weighted by molar-refractivity contribution is 5.75. The molecule has 0 unspecified atom stereocenters. The number of hydrogen-bond donors (Lipinski definition) is 1. The van der Waals surface area contributed by atoms with Gasteiger partial charge in [-0.1, -0.05) is 0 Å². The monoisotopic (exact) mass is 183 g/mol. The Hall–Kier alpha value is -1.52. The number of carbonyl (C=O) groups excluding carboxylic acids is 1. The summed E-state index contributed by atoms with van der Waals surface area (Å²) in [6.07, 6.45) is 3.74. The second-order valence-corrected chi connectivity index (χ2v) is 2.62. The second-order valence-electron chi connectivity index (χ2n) is 2.62. The largest absolute Gasteiger partial charge is 0.490 e. The van der Waals surface area contributed by atoms with Crippen molar-refractivity contribution in [2.24, 2.45) is 7.05 Å². The third-order valence-electron chi connectivity index (χ3n) is 1.56. The maximum absolute atomic E-state index is 10.8. The van der Waals surface area contributed by atoms with E-state index in [0.29, 0.717) is 18.8 Å². The number of carbonyl (C=O) groups is 1. The van der Waals surface area contributed by atoms with Gasteiger partial charge in [0.1, 0.15) is 0 Å². The summed E-state index contributed by atoms with van der Waals surface area (Å²) >= 11 is 0. The van der Waals surface area contributed by atoms with Crippen LogP contribution in [0.3, 0.4) is 0 Å². The Morgan fingerprint density at radius 1 is 1.77 bits per heavy atom. The summed E-state index contributed by atoms with van der Waals surface area (Å²) in [4.78, 5) is 10.8. The van der Waals surface area contributed by atoms with Gasteiger partial charge in [-0.05, 0) is 0 Å². The summed E-state index contributed by atoms with van der Waals surface area (Å²) in [6.45, 7) is 0.380. The Bertz CT molecular complexity index is 283. The van der Waals surface area contributed by atoms with Crippen molar-refractivity contribution in [1.29, 1.82) is 0 Å². The van der Waals surface area contributed by atoms with Gasteiger partial charge < -0.3 is 10.1 Å². The predicted molar refractivity (Wildman–Crippen MR) is 47.4 cm³/mol. The molecule has 0 fully saturated rings. The summed E-state index contributed by atoms with van der Waals surface area (Å²) in [6, 6.07) is 0. The van der Waals surface area contributed by atoms with Crippen molar-refractivity contribution in [3.05, 3.63) is 12.4 Å². The first kappa shape index (κ1) is 9.57. The van der Waals surface area contributed by atoms with E-state index >= 15 is 0 Å². The number of amides is 1. The molecule has 1 aromatic heterocycles. The predicted octanol–water partition coefficient (Wildman–Crippen LogP) is -0.0650. The van der Waals surface area contributed by atoms with Crippen molar-refractivity contribution < 1.29 is 9.53 Å². The first-order chi connectivity index (χ1) is 6.22. The standard InChI is InChI=1S/C8H13N3O2/c1-9-8(12)3-4-13-7-5-10-11(2)6-7/h5-6H,3-4H2,1-2H3,(H,9,12). The van der Waals surface area contributed by atoms with E-state index < -0.39 is 0 Å². The minimum absolute atomic E-state index is 0.0242. The van der Waals surface area contributed by atoms with Gasteiger partial charge in [-0.15, -0.1) is 0 Å². The zero-order chi connectivity index (χ0) is 9.68. The molecule has 0 aliphatic heterocycles. The molecule has 0 aromatic carbocycles. The van der Waals surface area contributed by atoms with Crippen LogP contribution < -0.4 is 10.1 Å². The molecule has 1 N–H and O–H groups in total. The quantitative estimate of drug-likeness (QED) is 0.711. The number of hydrogen-bond acceptors (Lipinski definition) is 3. The molecule has 5 nitrogen and oxygen atoms in total. The molecule has 0 aliphatic carbocycles. The van der Waals surface area contributed by atoms with Gasteiger partial charge in [0, 0.05) is 14.1 Å². The number of nitrogens with zero attached hydrogens (tertiary/aromatic N) is 2. The van der Waals surface area contributed by atoms with E-state index in [9.17, 15) is 4.79 Å². The molecule has 1 amide bonds. The van der Waals surface area contributed by atoms with E-state index in [4.69, 9.17) is 4.74 Å². The van der Waals surface area contributed by atoms with Gasteiger partial charge in [0.2, 0.25) is 5.91 Å². The third-order valence-corrected chi connectivity index (χ3v) is 1.56. The Morgan fingerprint density at radius 3 is 3.08 bits per heavy atom. The fraction of sp³-hybridized carbons (Fsp3) is 0.500. The first-order valence-corrected chi connectivity index (χ1v) is 4.04. The summed E-state index contributed by atoms with van der Waals surface area (Å²) in [5.41, 5.74) is 0. The first-order valence-electron chi connectivity index (χ1n) is 4.04. The van der Waals surface area contributed by atoms with E-state index in [0.717, 1.165) is 0 Å². The molecule has 0 spiro atoms. The lowest BCUT2D eigenvalue weighted by Crippen LogP contribution is -2.19. The molecule has 0 radical (unpaired) electrons. The van der Waals surface area contributed by atoms with Gasteiger partial charge in [0.15, 0.2) is 5.75 Å². The van der Waals surface area contributed by atoms with Crippen molar-refractivity contribution in [3.63, 3.8) is 0 Å². The number of aromatic nitrogens is 2. The maximum Gasteiger partial charge on any atom is 0.223 e. The normalized spacial score (nSPS) is 9.69. The molecular weight excluding hydrogens is 170 g/mol. The highest BCUT2D eigenvalue weighted by atomic mass is 16.5.